The third-order valence-corrected chi connectivity index (χ3v) is 5.40. The van der Waals surface area contributed by atoms with Crippen LogP contribution in [-0.4, -0.2) is 48.5 Å². The van der Waals surface area contributed by atoms with E-state index in [0.29, 0.717) is 16.6 Å². The summed E-state index contributed by atoms with van der Waals surface area (Å²) in [5, 5.41) is 0.522. The third-order valence-electron chi connectivity index (χ3n) is 5.07. The van der Waals surface area contributed by atoms with Crippen LogP contribution in [0, 0.1) is 0 Å². The van der Waals surface area contributed by atoms with Crippen LogP contribution in [-0.2, 0) is 0 Å². The standard InChI is InChI=1S/C20H21ClN2O2/c21-17-7-3-1-5-15(17)20(24)23-12-10-22(11-13-23)18-9-14-25-19-8-4-2-6-16(18)19/h1-8,18H,9-14H2. The first-order valence-electron chi connectivity index (χ1n) is 8.73. The molecule has 1 unspecified atom stereocenters. The summed E-state index contributed by atoms with van der Waals surface area (Å²) >= 11 is 6.17. The van der Waals surface area contributed by atoms with Crippen molar-refractivity contribution in [3.8, 4) is 5.75 Å². The molecule has 25 heavy (non-hydrogen) atoms. The summed E-state index contributed by atoms with van der Waals surface area (Å²) in [7, 11) is 0. The van der Waals surface area contributed by atoms with Crippen LogP contribution in [0.1, 0.15) is 28.4 Å². The highest BCUT2D eigenvalue weighted by Gasteiger charge is 2.31. The van der Waals surface area contributed by atoms with Gasteiger partial charge in [0.25, 0.3) is 5.91 Å². The van der Waals surface area contributed by atoms with E-state index >= 15 is 0 Å². The summed E-state index contributed by atoms with van der Waals surface area (Å²) in [4.78, 5) is 17.1. The van der Waals surface area contributed by atoms with Gasteiger partial charge in [-0.05, 0) is 18.2 Å². The van der Waals surface area contributed by atoms with Gasteiger partial charge in [-0.3, -0.25) is 9.69 Å². The van der Waals surface area contributed by atoms with Gasteiger partial charge in [-0.2, -0.15) is 0 Å². The summed E-state index contributed by atoms with van der Waals surface area (Å²) in [5.41, 5.74) is 1.86. The van der Waals surface area contributed by atoms with E-state index in [0.717, 1.165) is 45.0 Å². The van der Waals surface area contributed by atoms with E-state index in [-0.39, 0.29) is 5.91 Å². The van der Waals surface area contributed by atoms with Crippen molar-refractivity contribution in [1.29, 1.82) is 0 Å². The van der Waals surface area contributed by atoms with Crippen molar-refractivity contribution in [1.82, 2.24) is 9.80 Å². The molecule has 0 spiro atoms. The third kappa shape index (κ3) is 3.24. The molecule has 5 heteroatoms. The average molecular weight is 357 g/mol. The molecule has 2 aliphatic rings. The molecule has 4 rings (SSSR count). The van der Waals surface area contributed by atoms with Gasteiger partial charge in [0.1, 0.15) is 5.75 Å². The lowest BCUT2D eigenvalue weighted by Crippen LogP contribution is -2.50. The number of hydrogen-bond donors (Lipinski definition) is 0. The summed E-state index contributed by atoms with van der Waals surface area (Å²) < 4.78 is 5.77. The lowest BCUT2D eigenvalue weighted by molar-refractivity contribution is 0.0510. The molecule has 1 atom stereocenters. The fourth-order valence-corrected chi connectivity index (χ4v) is 3.96. The highest BCUT2D eigenvalue weighted by molar-refractivity contribution is 6.33. The van der Waals surface area contributed by atoms with E-state index in [2.05, 4.69) is 17.0 Å². The Morgan fingerprint density at radius 3 is 2.52 bits per heavy atom. The van der Waals surface area contributed by atoms with E-state index in [9.17, 15) is 4.79 Å². The maximum atomic E-state index is 12.7. The first-order valence-corrected chi connectivity index (χ1v) is 9.11. The number of fused-ring (bicyclic) bond motifs is 1. The molecule has 0 aliphatic carbocycles. The molecule has 130 valence electrons. The second-order valence-corrected chi connectivity index (χ2v) is 6.91. The van der Waals surface area contributed by atoms with Gasteiger partial charge >= 0.3 is 0 Å². The zero-order chi connectivity index (χ0) is 17.2. The van der Waals surface area contributed by atoms with Crippen molar-refractivity contribution in [3.05, 3.63) is 64.7 Å². The molecule has 4 nitrogen and oxygen atoms in total. The molecule has 2 heterocycles. The van der Waals surface area contributed by atoms with Gasteiger partial charge in [-0.25, -0.2) is 0 Å². The first kappa shape index (κ1) is 16.4. The number of halogens is 1. The predicted molar refractivity (Wildman–Crippen MR) is 98.2 cm³/mol. The molecule has 1 amide bonds. The summed E-state index contributed by atoms with van der Waals surface area (Å²) in [5.74, 6) is 1.02. The summed E-state index contributed by atoms with van der Waals surface area (Å²) in [6.07, 6.45) is 0.996. The maximum absolute atomic E-state index is 12.7. The molecule has 0 N–H and O–H groups in total. The predicted octanol–water partition coefficient (Wildman–Crippen LogP) is 3.62. The van der Waals surface area contributed by atoms with E-state index in [4.69, 9.17) is 16.3 Å². The van der Waals surface area contributed by atoms with Crippen molar-refractivity contribution in [2.24, 2.45) is 0 Å². The zero-order valence-corrected chi connectivity index (χ0v) is 14.8. The van der Waals surface area contributed by atoms with E-state index in [1.165, 1.54) is 5.56 Å². The van der Waals surface area contributed by atoms with Crippen molar-refractivity contribution < 1.29 is 9.53 Å². The monoisotopic (exact) mass is 356 g/mol. The maximum Gasteiger partial charge on any atom is 0.255 e. The summed E-state index contributed by atoms with van der Waals surface area (Å²) in [6, 6.07) is 15.9. The Morgan fingerprint density at radius 1 is 1.00 bits per heavy atom. The average Bonchev–Trinajstić information content (AvgIpc) is 2.67. The zero-order valence-electron chi connectivity index (χ0n) is 14.0. The molecule has 1 fully saturated rings. The molecular weight excluding hydrogens is 336 g/mol. The fraction of sp³-hybridized carbons (Fsp3) is 0.350. The molecule has 0 saturated carbocycles. The summed E-state index contributed by atoms with van der Waals surface area (Å²) in [6.45, 7) is 3.94. The van der Waals surface area contributed by atoms with E-state index < -0.39 is 0 Å². The largest absolute Gasteiger partial charge is 0.493 e. The van der Waals surface area contributed by atoms with Crippen molar-refractivity contribution in [2.45, 2.75) is 12.5 Å². The molecule has 2 aromatic rings. The number of carbonyl (C=O) groups excluding carboxylic acids is 1. The van der Waals surface area contributed by atoms with Gasteiger partial charge in [-0.15, -0.1) is 0 Å². The quantitative estimate of drug-likeness (QED) is 0.823. The lowest BCUT2D eigenvalue weighted by Gasteiger charge is -2.41. The van der Waals surface area contributed by atoms with Gasteiger partial charge in [0.2, 0.25) is 0 Å². The van der Waals surface area contributed by atoms with Crippen LogP contribution in [0.2, 0.25) is 5.02 Å². The van der Waals surface area contributed by atoms with Crippen LogP contribution in [0.15, 0.2) is 48.5 Å². The number of amides is 1. The van der Waals surface area contributed by atoms with Crippen LogP contribution < -0.4 is 4.74 Å². The molecule has 0 radical (unpaired) electrons. The molecular formula is C20H21ClN2O2. The number of benzene rings is 2. The minimum Gasteiger partial charge on any atom is -0.493 e. The molecule has 1 saturated heterocycles. The second-order valence-electron chi connectivity index (χ2n) is 6.50. The Balaban J connectivity index is 1.44. The Morgan fingerprint density at radius 2 is 1.72 bits per heavy atom. The van der Waals surface area contributed by atoms with Gasteiger partial charge in [0.15, 0.2) is 0 Å². The van der Waals surface area contributed by atoms with E-state index in [1.807, 2.05) is 29.2 Å². The highest BCUT2D eigenvalue weighted by Crippen LogP contribution is 2.36. The normalized spacial score (nSPS) is 20.7. The molecule has 2 aromatic carbocycles. The number of piperazine rings is 1. The number of hydrogen-bond acceptors (Lipinski definition) is 3. The number of para-hydroxylation sites is 1. The number of nitrogens with zero attached hydrogens (tertiary/aromatic N) is 2. The van der Waals surface area contributed by atoms with Crippen LogP contribution in [0.3, 0.4) is 0 Å². The smallest absolute Gasteiger partial charge is 0.255 e. The lowest BCUT2D eigenvalue weighted by atomic mass is 9.98. The van der Waals surface area contributed by atoms with E-state index in [1.54, 1.807) is 12.1 Å². The van der Waals surface area contributed by atoms with Gasteiger partial charge < -0.3 is 9.64 Å². The minimum atomic E-state index is 0.0256. The van der Waals surface area contributed by atoms with Crippen molar-refractivity contribution in [2.75, 3.05) is 32.8 Å². The SMILES string of the molecule is O=C(c1ccccc1Cl)N1CCN(C2CCOc3ccccc32)CC1. The number of rotatable bonds is 2. The van der Waals surface area contributed by atoms with Crippen LogP contribution >= 0.6 is 11.6 Å². The van der Waals surface area contributed by atoms with Crippen LogP contribution in [0.4, 0.5) is 0 Å². The van der Waals surface area contributed by atoms with Crippen molar-refractivity contribution >= 4 is 17.5 Å². The Hall–Kier alpha value is -2.04. The molecule has 0 bridgehead atoms. The Labute approximate surface area is 152 Å². The second kappa shape index (κ2) is 7.06. The van der Waals surface area contributed by atoms with Crippen molar-refractivity contribution in [3.63, 3.8) is 0 Å². The molecule has 2 aliphatic heterocycles. The van der Waals surface area contributed by atoms with Crippen LogP contribution in [0.25, 0.3) is 0 Å². The Kier molecular flexibility index (Phi) is 4.64. The van der Waals surface area contributed by atoms with Gasteiger partial charge in [0, 0.05) is 44.2 Å². The number of ether oxygens (including phenoxy) is 1. The minimum absolute atomic E-state index is 0.0256. The first-order chi connectivity index (χ1) is 12.2. The number of carbonyl (C=O) groups is 1. The highest BCUT2D eigenvalue weighted by atomic mass is 35.5. The topological polar surface area (TPSA) is 32.8 Å². The van der Waals surface area contributed by atoms with Gasteiger partial charge in [-0.1, -0.05) is 41.9 Å². The fourth-order valence-electron chi connectivity index (χ4n) is 3.74. The van der Waals surface area contributed by atoms with Crippen LogP contribution in [0.5, 0.6) is 5.75 Å². The Bertz CT molecular complexity index is 772. The molecule has 0 aromatic heterocycles. The van der Waals surface area contributed by atoms with Gasteiger partial charge in [0.05, 0.1) is 17.2 Å².